The Kier molecular flexibility index (Phi) is 6.75. The van der Waals surface area contributed by atoms with E-state index in [-0.39, 0.29) is 17.5 Å². The fourth-order valence-electron chi connectivity index (χ4n) is 3.96. The molecule has 4 rings (SSSR count). The van der Waals surface area contributed by atoms with Crippen LogP contribution in [0.4, 0.5) is 18.0 Å². The van der Waals surface area contributed by atoms with Gasteiger partial charge in [-0.1, -0.05) is 78.4 Å². The third-order valence-electron chi connectivity index (χ3n) is 5.55. The van der Waals surface area contributed by atoms with Crippen LogP contribution >= 0.6 is 11.6 Å². The minimum atomic E-state index is -4.43. The Balaban J connectivity index is 1.26. The molecule has 0 radical (unpaired) electrons. The summed E-state index contributed by atoms with van der Waals surface area (Å²) in [5.74, 6) is -0.00939. The molecule has 1 amide bonds. The number of hydrogen-bond acceptors (Lipinski definition) is 2. The van der Waals surface area contributed by atoms with E-state index in [0.29, 0.717) is 18.5 Å². The van der Waals surface area contributed by atoms with Crippen molar-refractivity contribution in [2.75, 3.05) is 13.2 Å². The fraction of sp³-hybridized carbons (Fsp3) is 0.192. The number of amides is 1. The van der Waals surface area contributed by atoms with Crippen LogP contribution in [0.3, 0.4) is 0 Å². The molecule has 33 heavy (non-hydrogen) atoms. The lowest BCUT2D eigenvalue weighted by molar-refractivity contribution is -0.137. The first kappa shape index (κ1) is 22.9. The zero-order valence-corrected chi connectivity index (χ0v) is 18.3. The number of carbonyl (C=O) groups is 1. The molecule has 0 saturated heterocycles. The van der Waals surface area contributed by atoms with Crippen molar-refractivity contribution in [2.45, 2.75) is 18.5 Å². The number of alkyl carbamates (subject to hydrolysis) is 1. The summed E-state index contributed by atoms with van der Waals surface area (Å²) >= 11 is 5.93. The van der Waals surface area contributed by atoms with Crippen LogP contribution in [0.15, 0.2) is 72.8 Å². The summed E-state index contributed by atoms with van der Waals surface area (Å²) in [7, 11) is 0. The summed E-state index contributed by atoms with van der Waals surface area (Å²) in [6, 6.07) is 19.4. The Labute approximate surface area is 194 Å². The molecule has 0 bridgehead atoms. The largest absolute Gasteiger partial charge is 0.449 e. The molecule has 170 valence electrons. The summed E-state index contributed by atoms with van der Waals surface area (Å²) in [4.78, 5) is 12.2. The second-order valence-electron chi connectivity index (χ2n) is 7.68. The highest BCUT2D eigenvalue weighted by atomic mass is 35.5. The number of benzene rings is 3. The lowest BCUT2D eigenvalue weighted by Crippen LogP contribution is -2.26. The molecule has 1 aliphatic carbocycles. The van der Waals surface area contributed by atoms with Crippen molar-refractivity contribution >= 4 is 23.8 Å². The Bertz CT molecular complexity index is 1140. The third kappa shape index (κ3) is 5.22. The zero-order valence-electron chi connectivity index (χ0n) is 17.5. The van der Waals surface area contributed by atoms with Gasteiger partial charge in [-0.25, -0.2) is 4.79 Å². The van der Waals surface area contributed by atoms with Crippen molar-refractivity contribution in [3.8, 4) is 11.1 Å². The Hall–Kier alpha value is -3.25. The first-order chi connectivity index (χ1) is 15.8. The van der Waals surface area contributed by atoms with E-state index in [2.05, 4.69) is 29.6 Å². The standard InChI is InChI=1S/C26H21ClF3NO2/c27-24-15-18(26(28,29)30)13-12-17(24)7-5-6-14-31-25(32)33-16-23-21-10-3-1-8-19(21)20-9-2-4-11-22(20)23/h1-5,7-13,15,23H,6,14,16H2,(H,31,32). The first-order valence-electron chi connectivity index (χ1n) is 10.5. The molecule has 0 spiro atoms. The Morgan fingerprint density at radius 1 is 1.00 bits per heavy atom. The van der Waals surface area contributed by atoms with Gasteiger partial charge in [-0.2, -0.15) is 13.2 Å². The lowest BCUT2D eigenvalue weighted by atomic mass is 9.98. The van der Waals surface area contributed by atoms with Crippen molar-refractivity contribution in [1.82, 2.24) is 5.32 Å². The monoisotopic (exact) mass is 471 g/mol. The van der Waals surface area contributed by atoms with Gasteiger partial charge in [0.05, 0.1) is 5.56 Å². The number of ether oxygens (including phenoxy) is 1. The number of rotatable bonds is 6. The fourth-order valence-corrected chi connectivity index (χ4v) is 4.20. The minimum absolute atomic E-state index is 0.00939. The number of fused-ring (bicyclic) bond motifs is 3. The molecular formula is C26H21ClF3NO2. The molecule has 0 unspecified atom stereocenters. The van der Waals surface area contributed by atoms with Gasteiger partial charge < -0.3 is 10.1 Å². The average Bonchev–Trinajstić information content (AvgIpc) is 3.11. The van der Waals surface area contributed by atoms with Gasteiger partial charge in [0, 0.05) is 17.5 Å². The smallest absolute Gasteiger partial charge is 0.416 e. The zero-order chi connectivity index (χ0) is 23.4. The van der Waals surface area contributed by atoms with Crippen LogP contribution in [-0.2, 0) is 10.9 Å². The predicted octanol–water partition coefficient (Wildman–Crippen LogP) is 7.30. The highest BCUT2D eigenvalue weighted by molar-refractivity contribution is 6.32. The van der Waals surface area contributed by atoms with Crippen molar-refractivity contribution in [3.05, 3.63) is 100 Å². The highest BCUT2D eigenvalue weighted by Gasteiger charge is 2.31. The summed E-state index contributed by atoms with van der Waals surface area (Å²) < 4.78 is 43.6. The molecule has 3 aromatic carbocycles. The van der Waals surface area contributed by atoms with Crippen LogP contribution in [0.2, 0.25) is 5.02 Å². The van der Waals surface area contributed by atoms with Gasteiger partial charge in [-0.3, -0.25) is 0 Å². The van der Waals surface area contributed by atoms with Crippen LogP contribution in [0.25, 0.3) is 17.2 Å². The summed E-state index contributed by atoms with van der Waals surface area (Å²) in [5, 5.41) is 2.71. The molecule has 0 fully saturated rings. The van der Waals surface area contributed by atoms with Crippen LogP contribution in [0, 0.1) is 0 Å². The molecule has 1 aliphatic rings. The van der Waals surface area contributed by atoms with Crippen LogP contribution in [0.5, 0.6) is 0 Å². The molecule has 7 heteroatoms. The maximum absolute atomic E-state index is 12.7. The summed E-state index contributed by atoms with van der Waals surface area (Å²) in [5.41, 5.74) is 4.29. The maximum Gasteiger partial charge on any atom is 0.416 e. The Morgan fingerprint density at radius 2 is 1.64 bits per heavy atom. The van der Waals surface area contributed by atoms with E-state index in [1.165, 1.54) is 6.07 Å². The van der Waals surface area contributed by atoms with E-state index in [0.717, 1.165) is 34.4 Å². The lowest BCUT2D eigenvalue weighted by Gasteiger charge is -2.14. The normalized spacial score (nSPS) is 13.1. The summed E-state index contributed by atoms with van der Waals surface area (Å²) in [6.07, 6.45) is -1.11. The number of halogens is 4. The van der Waals surface area contributed by atoms with Crippen molar-refractivity contribution in [3.63, 3.8) is 0 Å². The number of alkyl halides is 3. The SMILES string of the molecule is O=C(NCCC=Cc1ccc(C(F)(F)F)cc1Cl)OCC1c2ccccc2-c2ccccc21. The van der Waals surface area contributed by atoms with Gasteiger partial charge in [0.15, 0.2) is 0 Å². The van der Waals surface area contributed by atoms with E-state index in [1.807, 2.05) is 24.3 Å². The van der Waals surface area contributed by atoms with E-state index in [4.69, 9.17) is 16.3 Å². The van der Waals surface area contributed by atoms with Gasteiger partial charge in [-0.05, 0) is 46.4 Å². The number of hydrogen-bond donors (Lipinski definition) is 1. The third-order valence-corrected chi connectivity index (χ3v) is 5.88. The van der Waals surface area contributed by atoms with Crippen molar-refractivity contribution in [2.24, 2.45) is 0 Å². The number of carbonyl (C=O) groups excluding carboxylic acids is 1. The van der Waals surface area contributed by atoms with Crippen molar-refractivity contribution < 1.29 is 22.7 Å². The summed E-state index contributed by atoms with van der Waals surface area (Å²) in [6.45, 7) is 0.558. The van der Waals surface area contributed by atoms with Gasteiger partial charge in [-0.15, -0.1) is 0 Å². The van der Waals surface area contributed by atoms with E-state index in [1.54, 1.807) is 12.2 Å². The quantitative estimate of drug-likeness (QED) is 0.383. The van der Waals surface area contributed by atoms with Crippen LogP contribution in [0.1, 0.15) is 34.6 Å². The molecule has 1 N–H and O–H groups in total. The molecule has 0 saturated carbocycles. The molecule has 3 aromatic rings. The van der Waals surface area contributed by atoms with E-state index >= 15 is 0 Å². The molecule has 0 aromatic heterocycles. The molecule has 0 aliphatic heterocycles. The molecule has 0 heterocycles. The first-order valence-corrected chi connectivity index (χ1v) is 10.8. The Morgan fingerprint density at radius 3 is 2.24 bits per heavy atom. The van der Waals surface area contributed by atoms with E-state index in [9.17, 15) is 18.0 Å². The minimum Gasteiger partial charge on any atom is -0.449 e. The van der Waals surface area contributed by atoms with Crippen molar-refractivity contribution in [1.29, 1.82) is 0 Å². The maximum atomic E-state index is 12.7. The number of nitrogens with one attached hydrogen (secondary N) is 1. The van der Waals surface area contributed by atoms with Gasteiger partial charge in [0.25, 0.3) is 0 Å². The second kappa shape index (κ2) is 9.71. The van der Waals surface area contributed by atoms with Gasteiger partial charge >= 0.3 is 12.3 Å². The molecule has 0 atom stereocenters. The average molecular weight is 472 g/mol. The van der Waals surface area contributed by atoms with Gasteiger partial charge in [0.1, 0.15) is 6.61 Å². The highest BCUT2D eigenvalue weighted by Crippen LogP contribution is 2.44. The topological polar surface area (TPSA) is 38.3 Å². The molecular weight excluding hydrogens is 451 g/mol. The van der Waals surface area contributed by atoms with E-state index < -0.39 is 17.8 Å². The van der Waals surface area contributed by atoms with Crippen LogP contribution < -0.4 is 5.32 Å². The second-order valence-corrected chi connectivity index (χ2v) is 8.08. The predicted molar refractivity (Wildman–Crippen MR) is 123 cm³/mol. The van der Waals surface area contributed by atoms with Gasteiger partial charge in [0.2, 0.25) is 0 Å². The van der Waals surface area contributed by atoms with Crippen LogP contribution in [-0.4, -0.2) is 19.2 Å². The molecule has 3 nitrogen and oxygen atoms in total.